The van der Waals surface area contributed by atoms with Gasteiger partial charge in [0.25, 0.3) is 0 Å². The van der Waals surface area contributed by atoms with Gasteiger partial charge in [-0.3, -0.25) is 0 Å². The fraction of sp³-hybridized carbons (Fsp3) is 0.318. The van der Waals surface area contributed by atoms with E-state index in [1.54, 1.807) is 49.6 Å². The van der Waals surface area contributed by atoms with Crippen LogP contribution in [0, 0.1) is 6.92 Å². The van der Waals surface area contributed by atoms with Crippen LogP contribution in [0.25, 0.3) is 22.2 Å². The maximum absolute atomic E-state index is 14.0. The number of nitrogens with zero attached hydrogens (tertiary/aromatic N) is 2. The molecule has 0 amide bonds. The van der Waals surface area contributed by atoms with Crippen molar-refractivity contribution in [2.75, 3.05) is 6.54 Å². The van der Waals surface area contributed by atoms with Gasteiger partial charge in [0.05, 0.1) is 22.5 Å². The number of nitrogens with one attached hydrogen (secondary N) is 1. The van der Waals surface area contributed by atoms with Crippen LogP contribution in [0.4, 0.5) is 4.39 Å². The van der Waals surface area contributed by atoms with E-state index in [0.29, 0.717) is 5.82 Å². The van der Waals surface area contributed by atoms with E-state index in [1.165, 1.54) is 6.08 Å². The summed E-state index contributed by atoms with van der Waals surface area (Å²) in [5.74, 6) is 0.373. The Morgan fingerprint density at radius 3 is 2.47 bits per heavy atom. The van der Waals surface area contributed by atoms with Crippen molar-refractivity contribution in [3.8, 4) is 11.1 Å². The van der Waals surface area contributed by atoms with Crippen LogP contribution in [0.1, 0.15) is 26.6 Å². The lowest BCUT2D eigenvalue weighted by atomic mass is 10.0. The van der Waals surface area contributed by atoms with Gasteiger partial charge in [-0.1, -0.05) is 24.3 Å². The minimum Gasteiger partial charge on any atom is -0.327 e. The number of para-hydroxylation sites is 1. The van der Waals surface area contributed by atoms with Crippen molar-refractivity contribution in [3.63, 3.8) is 0 Å². The summed E-state index contributed by atoms with van der Waals surface area (Å²) < 4.78 is 43.6. The summed E-state index contributed by atoms with van der Waals surface area (Å²) in [4.78, 5) is 4.83. The highest BCUT2D eigenvalue weighted by molar-refractivity contribution is 7.89. The number of imidazole rings is 1. The number of hydrogen-bond donors (Lipinski definition) is 2. The summed E-state index contributed by atoms with van der Waals surface area (Å²) >= 11 is 0. The number of aromatic nitrogens is 2. The van der Waals surface area contributed by atoms with Gasteiger partial charge in [0, 0.05) is 17.6 Å². The molecule has 0 saturated carbocycles. The second-order valence-electron chi connectivity index (χ2n) is 8.19. The predicted octanol–water partition coefficient (Wildman–Crippen LogP) is 3.90. The molecule has 3 aromatic rings. The summed E-state index contributed by atoms with van der Waals surface area (Å²) in [6.45, 7) is 7.42. The highest BCUT2D eigenvalue weighted by Gasteiger charge is 2.22. The monoisotopic (exact) mass is 430 g/mol. The van der Waals surface area contributed by atoms with E-state index in [0.717, 1.165) is 22.2 Å². The molecule has 3 N–H and O–H groups in total. The van der Waals surface area contributed by atoms with Crippen LogP contribution in [0.15, 0.2) is 59.3 Å². The van der Waals surface area contributed by atoms with Gasteiger partial charge in [0.2, 0.25) is 10.0 Å². The molecule has 3 rings (SSSR count). The topological polar surface area (TPSA) is 90.0 Å². The molecule has 0 saturated heterocycles. The summed E-state index contributed by atoms with van der Waals surface area (Å²) in [7, 11) is -3.61. The van der Waals surface area contributed by atoms with E-state index in [-0.39, 0.29) is 23.8 Å². The SMILES string of the molecule is Cc1nc2c(-c3ccc(S(=O)(=O)NC(C)(C)C)cc3)cccc2n1C/C(F)=C/CN. The number of fused-ring (bicyclic) bond motifs is 1. The Balaban J connectivity index is 2.01. The first-order valence-electron chi connectivity index (χ1n) is 9.67. The Bertz CT molecular complexity index is 1190. The highest BCUT2D eigenvalue weighted by atomic mass is 32.2. The molecule has 0 fully saturated rings. The van der Waals surface area contributed by atoms with Gasteiger partial charge in [-0.2, -0.15) is 0 Å². The molecule has 0 aliphatic rings. The molecule has 160 valence electrons. The minimum atomic E-state index is -3.61. The molecule has 0 bridgehead atoms. The molecule has 30 heavy (non-hydrogen) atoms. The summed E-state index contributed by atoms with van der Waals surface area (Å²) in [6.07, 6.45) is 1.35. The number of nitrogens with two attached hydrogens (primary N) is 1. The predicted molar refractivity (Wildman–Crippen MR) is 118 cm³/mol. The number of hydrogen-bond acceptors (Lipinski definition) is 4. The van der Waals surface area contributed by atoms with Crippen molar-refractivity contribution in [2.24, 2.45) is 5.73 Å². The lowest BCUT2D eigenvalue weighted by molar-refractivity contribution is 0.491. The largest absolute Gasteiger partial charge is 0.327 e. The Kier molecular flexibility index (Phi) is 6.12. The maximum atomic E-state index is 14.0. The normalized spacial score (nSPS) is 13.2. The molecule has 0 unspecified atom stereocenters. The third-order valence-corrected chi connectivity index (χ3v) is 6.31. The fourth-order valence-corrected chi connectivity index (χ4v) is 4.73. The number of halogens is 1. The molecule has 0 radical (unpaired) electrons. The Labute approximate surface area is 176 Å². The zero-order valence-corrected chi connectivity index (χ0v) is 18.4. The lowest BCUT2D eigenvalue weighted by Crippen LogP contribution is -2.40. The third kappa shape index (κ3) is 4.77. The molecule has 0 atom stereocenters. The van der Waals surface area contributed by atoms with Crippen molar-refractivity contribution in [1.82, 2.24) is 14.3 Å². The van der Waals surface area contributed by atoms with Crippen molar-refractivity contribution in [3.05, 3.63) is 60.2 Å². The van der Waals surface area contributed by atoms with Gasteiger partial charge < -0.3 is 10.3 Å². The smallest absolute Gasteiger partial charge is 0.241 e. The van der Waals surface area contributed by atoms with Crippen LogP contribution in [0.5, 0.6) is 0 Å². The van der Waals surface area contributed by atoms with Crippen molar-refractivity contribution < 1.29 is 12.8 Å². The first kappa shape index (κ1) is 22.1. The summed E-state index contributed by atoms with van der Waals surface area (Å²) in [6, 6.07) is 12.4. The van der Waals surface area contributed by atoms with Crippen LogP contribution in [0.2, 0.25) is 0 Å². The Morgan fingerprint density at radius 2 is 1.87 bits per heavy atom. The fourth-order valence-electron chi connectivity index (χ4n) is 3.31. The molecule has 1 heterocycles. The molecule has 2 aromatic carbocycles. The third-order valence-electron chi connectivity index (χ3n) is 4.53. The van der Waals surface area contributed by atoms with Crippen LogP contribution in [-0.4, -0.2) is 30.1 Å². The number of benzene rings is 2. The van der Waals surface area contributed by atoms with Gasteiger partial charge in [0.1, 0.15) is 11.7 Å². The van der Waals surface area contributed by atoms with Gasteiger partial charge in [-0.05, 0) is 57.5 Å². The number of allylic oxidation sites excluding steroid dienone is 1. The van der Waals surface area contributed by atoms with E-state index < -0.39 is 15.6 Å². The van der Waals surface area contributed by atoms with E-state index in [1.807, 2.05) is 25.1 Å². The lowest BCUT2D eigenvalue weighted by Gasteiger charge is -2.20. The van der Waals surface area contributed by atoms with Crippen LogP contribution < -0.4 is 10.5 Å². The quantitative estimate of drug-likeness (QED) is 0.621. The Morgan fingerprint density at radius 1 is 1.20 bits per heavy atom. The van der Waals surface area contributed by atoms with Gasteiger partial charge in [-0.25, -0.2) is 22.5 Å². The van der Waals surface area contributed by atoms with Crippen molar-refractivity contribution in [1.29, 1.82) is 0 Å². The maximum Gasteiger partial charge on any atom is 0.241 e. The van der Waals surface area contributed by atoms with E-state index >= 15 is 0 Å². The summed E-state index contributed by atoms with van der Waals surface area (Å²) in [5, 5.41) is 0. The van der Waals surface area contributed by atoms with Gasteiger partial charge >= 0.3 is 0 Å². The average Bonchev–Trinajstić information content (AvgIpc) is 2.95. The van der Waals surface area contributed by atoms with Crippen molar-refractivity contribution >= 4 is 21.1 Å². The molecule has 8 heteroatoms. The molecular formula is C22H27FN4O2S. The van der Waals surface area contributed by atoms with Gasteiger partial charge in [0.15, 0.2) is 0 Å². The van der Waals surface area contributed by atoms with Crippen LogP contribution >= 0.6 is 0 Å². The zero-order chi connectivity index (χ0) is 22.1. The van der Waals surface area contributed by atoms with E-state index in [9.17, 15) is 12.8 Å². The highest BCUT2D eigenvalue weighted by Crippen LogP contribution is 2.30. The summed E-state index contributed by atoms with van der Waals surface area (Å²) in [5.41, 5.74) is 8.05. The number of rotatable bonds is 6. The second kappa shape index (κ2) is 8.29. The average molecular weight is 431 g/mol. The van der Waals surface area contributed by atoms with Crippen LogP contribution in [0.3, 0.4) is 0 Å². The number of aryl methyl sites for hydroxylation is 1. The molecule has 1 aromatic heterocycles. The molecule has 0 aliphatic carbocycles. The molecule has 0 spiro atoms. The first-order chi connectivity index (χ1) is 14.0. The zero-order valence-electron chi connectivity index (χ0n) is 17.6. The van der Waals surface area contributed by atoms with E-state index in [4.69, 9.17) is 5.73 Å². The number of sulfonamides is 1. The first-order valence-corrected chi connectivity index (χ1v) is 11.1. The van der Waals surface area contributed by atoms with Crippen LogP contribution in [-0.2, 0) is 16.6 Å². The van der Waals surface area contributed by atoms with E-state index in [2.05, 4.69) is 9.71 Å². The van der Waals surface area contributed by atoms with Crippen molar-refractivity contribution in [2.45, 2.75) is 44.7 Å². The minimum absolute atomic E-state index is 0.0681. The van der Waals surface area contributed by atoms with Gasteiger partial charge in [-0.15, -0.1) is 0 Å². The molecule has 6 nitrogen and oxygen atoms in total. The molecular weight excluding hydrogens is 403 g/mol. The second-order valence-corrected chi connectivity index (χ2v) is 9.87. The Hall–Kier alpha value is -2.55. The molecule has 0 aliphatic heterocycles. The standard InChI is InChI=1S/C22H27FN4O2S/c1-15-25-21-19(6-5-7-20(21)27(15)14-17(23)12-13-24)16-8-10-18(11-9-16)30(28,29)26-22(2,3)4/h5-12,26H,13-14,24H2,1-4H3/b17-12-.